The van der Waals surface area contributed by atoms with Crippen LogP contribution in [0.15, 0.2) is 101 Å². The van der Waals surface area contributed by atoms with Crippen LogP contribution in [0.25, 0.3) is 22.5 Å². The number of rotatable bonds is 6. The smallest absolute Gasteiger partial charge is 0.267 e. The molecule has 11 nitrogen and oxygen atoms in total. The molecule has 2 heterocycles. The van der Waals surface area contributed by atoms with Crippen molar-refractivity contribution in [2.75, 3.05) is 4.90 Å². The maximum atomic E-state index is 14.0. The molecule has 6 rings (SSSR count). The fraction of sp³-hybridized carbons (Fsp3) is 0. The van der Waals surface area contributed by atoms with Crippen LogP contribution in [0.5, 0.6) is 0 Å². The van der Waals surface area contributed by atoms with E-state index in [1.54, 1.807) is 24.3 Å². The van der Waals surface area contributed by atoms with Gasteiger partial charge in [0, 0.05) is 5.56 Å². The van der Waals surface area contributed by atoms with E-state index in [1.807, 2.05) is 30.3 Å². The Hall–Kier alpha value is -5.49. The van der Waals surface area contributed by atoms with E-state index >= 15 is 0 Å². The van der Waals surface area contributed by atoms with Crippen molar-refractivity contribution in [1.82, 2.24) is 20.6 Å². The first-order valence-corrected chi connectivity index (χ1v) is 13.4. The van der Waals surface area contributed by atoms with E-state index in [4.69, 9.17) is 5.73 Å². The average molecular weight is 551 g/mol. The number of imide groups is 1. The van der Waals surface area contributed by atoms with Gasteiger partial charge in [0.2, 0.25) is 21.6 Å². The number of amides is 3. The Labute approximate surface area is 227 Å². The lowest BCUT2D eigenvalue weighted by atomic mass is 10.0. The Morgan fingerprint density at radius 2 is 1.50 bits per heavy atom. The van der Waals surface area contributed by atoms with Crippen molar-refractivity contribution in [2.45, 2.75) is 9.79 Å². The van der Waals surface area contributed by atoms with Gasteiger partial charge in [-0.05, 0) is 52.7 Å². The predicted molar refractivity (Wildman–Crippen MR) is 143 cm³/mol. The fourth-order valence-corrected chi connectivity index (χ4v) is 6.38. The molecule has 0 saturated heterocycles. The zero-order chi connectivity index (χ0) is 28.0. The number of hydrogen-bond donors (Lipinski definition) is 2. The number of H-pyrrole nitrogens is 1. The number of benzene rings is 4. The van der Waals surface area contributed by atoms with E-state index in [9.17, 15) is 22.8 Å². The molecule has 3 amide bonds. The molecular formula is C28H18N6O5S. The minimum absolute atomic E-state index is 0.107. The van der Waals surface area contributed by atoms with E-state index in [2.05, 4.69) is 20.6 Å². The van der Waals surface area contributed by atoms with Crippen molar-refractivity contribution in [2.24, 2.45) is 5.73 Å². The molecule has 5 aromatic rings. The van der Waals surface area contributed by atoms with E-state index in [0.29, 0.717) is 5.56 Å². The van der Waals surface area contributed by atoms with Crippen LogP contribution in [0.3, 0.4) is 0 Å². The van der Waals surface area contributed by atoms with Gasteiger partial charge in [0.25, 0.3) is 11.8 Å². The summed E-state index contributed by atoms with van der Waals surface area (Å²) in [5.41, 5.74) is 6.54. The van der Waals surface area contributed by atoms with Crippen molar-refractivity contribution in [3.05, 3.63) is 108 Å². The zero-order valence-electron chi connectivity index (χ0n) is 20.5. The number of hydrogen-bond acceptors (Lipinski definition) is 8. The molecule has 3 N–H and O–H groups in total. The molecule has 1 aromatic heterocycles. The van der Waals surface area contributed by atoms with Crippen LogP contribution in [0.4, 0.5) is 5.69 Å². The summed E-state index contributed by atoms with van der Waals surface area (Å²) in [5.74, 6) is -2.66. The van der Waals surface area contributed by atoms with E-state index in [1.165, 1.54) is 30.3 Å². The highest BCUT2D eigenvalue weighted by molar-refractivity contribution is 7.91. The number of fused-ring (bicyclic) bond motifs is 1. The Bertz CT molecular complexity index is 1930. The molecule has 196 valence electrons. The number of carbonyl (C=O) groups is 3. The van der Waals surface area contributed by atoms with Gasteiger partial charge in [-0.1, -0.05) is 54.6 Å². The molecule has 1 aliphatic rings. The highest BCUT2D eigenvalue weighted by atomic mass is 32.2. The quantitative estimate of drug-likeness (QED) is 0.304. The maximum absolute atomic E-state index is 14.0. The minimum atomic E-state index is -4.44. The maximum Gasteiger partial charge on any atom is 0.267 e. The summed E-state index contributed by atoms with van der Waals surface area (Å²) in [6.45, 7) is 0. The Morgan fingerprint density at radius 3 is 2.15 bits per heavy atom. The first-order chi connectivity index (χ1) is 19.3. The largest absolute Gasteiger partial charge is 0.366 e. The first kappa shape index (κ1) is 24.8. The van der Waals surface area contributed by atoms with Crippen LogP contribution in [-0.4, -0.2) is 46.8 Å². The van der Waals surface area contributed by atoms with Gasteiger partial charge in [0.1, 0.15) is 0 Å². The molecule has 0 bridgehead atoms. The molecule has 0 atom stereocenters. The van der Waals surface area contributed by atoms with Crippen molar-refractivity contribution >= 4 is 33.2 Å². The first-order valence-electron chi connectivity index (χ1n) is 11.9. The molecule has 0 aliphatic carbocycles. The number of primary amides is 1. The summed E-state index contributed by atoms with van der Waals surface area (Å²) < 4.78 is 27.5. The molecule has 0 saturated carbocycles. The lowest BCUT2D eigenvalue weighted by molar-refractivity contribution is 0.0924. The van der Waals surface area contributed by atoms with Crippen LogP contribution in [0.1, 0.15) is 31.1 Å². The summed E-state index contributed by atoms with van der Waals surface area (Å²) in [6, 6.07) is 24.0. The van der Waals surface area contributed by atoms with Gasteiger partial charge in [-0.15, -0.1) is 10.2 Å². The van der Waals surface area contributed by atoms with E-state index in [-0.39, 0.29) is 22.0 Å². The molecule has 1 aliphatic heterocycles. The monoisotopic (exact) mass is 550 g/mol. The van der Waals surface area contributed by atoms with Gasteiger partial charge in [-0.2, -0.15) is 5.21 Å². The molecule has 0 unspecified atom stereocenters. The number of aromatic amines is 1. The van der Waals surface area contributed by atoms with Gasteiger partial charge in [-0.25, -0.2) is 13.3 Å². The average Bonchev–Trinajstić information content (AvgIpc) is 3.60. The minimum Gasteiger partial charge on any atom is -0.366 e. The summed E-state index contributed by atoms with van der Waals surface area (Å²) >= 11 is 0. The molecule has 0 radical (unpaired) electrons. The topological polar surface area (TPSA) is 169 Å². The number of sulfone groups is 1. The second-order valence-corrected chi connectivity index (χ2v) is 10.7. The standard InChI is InChI=1S/C28H18N6O5S/c29-25(35)20-13-12-19-23(24(20)40(38,39)18-9-5-2-6-10-18)28(37)34(27(19)36)22-14-11-17(16-7-3-1-4-8-16)15-21(22)26-30-32-33-31-26/h1-15H,(H2,29,35)(H,30,31,32,33). The third kappa shape index (κ3) is 3.85. The van der Waals surface area contributed by atoms with Gasteiger partial charge in [0.15, 0.2) is 0 Å². The van der Waals surface area contributed by atoms with Crippen LogP contribution >= 0.6 is 0 Å². The number of nitrogens with one attached hydrogen (secondary N) is 1. The summed E-state index contributed by atoms with van der Waals surface area (Å²) in [7, 11) is -4.44. The van der Waals surface area contributed by atoms with E-state index < -0.39 is 43.6 Å². The summed E-state index contributed by atoms with van der Waals surface area (Å²) in [5, 5.41) is 14.0. The number of nitrogens with two attached hydrogens (primary N) is 1. The highest BCUT2D eigenvalue weighted by Crippen LogP contribution is 2.40. The van der Waals surface area contributed by atoms with Gasteiger partial charge in [0.05, 0.1) is 32.2 Å². The third-order valence-electron chi connectivity index (χ3n) is 6.53. The zero-order valence-corrected chi connectivity index (χ0v) is 21.3. The Kier molecular flexibility index (Phi) is 5.81. The Morgan fingerprint density at radius 1 is 0.800 bits per heavy atom. The van der Waals surface area contributed by atoms with Crippen molar-refractivity contribution in [3.8, 4) is 22.5 Å². The molecule has 0 fully saturated rings. The number of tetrazole rings is 1. The fourth-order valence-electron chi connectivity index (χ4n) is 4.70. The lowest BCUT2D eigenvalue weighted by Crippen LogP contribution is -2.30. The van der Waals surface area contributed by atoms with Crippen LogP contribution in [-0.2, 0) is 9.84 Å². The van der Waals surface area contributed by atoms with Crippen molar-refractivity contribution in [3.63, 3.8) is 0 Å². The molecule has 40 heavy (non-hydrogen) atoms. The second-order valence-electron chi connectivity index (χ2n) is 8.82. The predicted octanol–water partition coefficient (Wildman–Crippen LogP) is 3.27. The summed E-state index contributed by atoms with van der Waals surface area (Å²) in [4.78, 5) is 40.1. The number of nitrogens with zero attached hydrogens (tertiary/aromatic N) is 4. The highest BCUT2D eigenvalue weighted by Gasteiger charge is 2.44. The van der Waals surface area contributed by atoms with Gasteiger partial charge >= 0.3 is 0 Å². The van der Waals surface area contributed by atoms with Crippen molar-refractivity contribution in [1.29, 1.82) is 0 Å². The second kappa shape index (κ2) is 9.36. The molecule has 12 heteroatoms. The Balaban J connectivity index is 1.56. The SMILES string of the molecule is NC(=O)c1ccc2c(c1S(=O)(=O)c1ccccc1)C(=O)N(c1ccc(-c3ccccc3)cc1-c1nn[nH]n1)C2=O. The van der Waals surface area contributed by atoms with Crippen LogP contribution < -0.4 is 10.6 Å². The molecule has 4 aromatic carbocycles. The van der Waals surface area contributed by atoms with Crippen LogP contribution in [0.2, 0.25) is 0 Å². The van der Waals surface area contributed by atoms with E-state index in [0.717, 1.165) is 22.1 Å². The molecular weight excluding hydrogens is 532 g/mol. The number of carbonyl (C=O) groups excluding carboxylic acids is 3. The van der Waals surface area contributed by atoms with Crippen molar-refractivity contribution < 1.29 is 22.8 Å². The normalized spacial score (nSPS) is 12.9. The van der Waals surface area contributed by atoms with Gasteiger partial charge < -0.3 is 5.73 Å². The van der Waals surface area contributed by atoms with Gasteiger partial charge in [-0.3, -0.25) is 14.4 Å². The number of aromatic nitrogens is 4. The number of anilines is 1. The lowest BCUT2D eigenvalue weighted by Gasteiger charge is -2.18. The molecule has 0 spiro atoms. The van der Waals surface area contributed by atoms with Crippen LogP contribution in [0, 0.1) is 0 Å². The third-order valence-corrected chi connectivity index (χ3v) is 8.38. The summed E-state index contributed by atoms with van der Waals surface area (Å²) in [6.07, 6.45) is 0.